The molecule has 106 valence electrons. The van der Waals surface area contributed by atoms with Gasteiger partial charge in [0, 0.05) is 5.25 Å². The maximum atomic E-state index is 11.7. The normalized spacial score (nSPS) is 27.4. The van der Waals surface area contributed by atoms with Crippen molar-refractivity contribution in [2.24, 2.45) is 5.73 Å². The molecule has 3 N–H and O–H groups in total. The van der Waals surface area contributed by atoms with Gasteiger partial charge in [-0.05, 0) is 39.0 Å². The van der Waals surface area contributed by atoms with Crippen molar-refractivity contribution in [1.82, 2.24) is 15.5 Å². The number of carbonyl (C=O) groups is 1. The minimum atomic E-state index is -0.553. The molecule has 1 aromatic rings. The van der Waals surface area contributed by atoms with Gasteiger partial charge in [-0.1, -0.05) is 34.9 Å². The average Bonchev–Trinajstić information content (AvgIpc) is 2.86. The highest BCUT2D eigenvalue weighted by atomic mass is 32.2. The van der Waals surface area contributed by atoms with Crippen LogP contribution in [0.15, 0.2) is 8.68 Å². The maximum absolute atomic E-state index is 11.7. The summed E-state index contributed by atoms with van der Waals surface area (Å²) >= 11 is 4.94. The van der Waals surface area contributed by atoms with Crippen LogP contribution < -0.4 is 11.1 Å². The molecule has 0 bridgehead atoms. The summed E-state index contributed by atoms with van der Waals surface area (Å²) in [4.78, 5) is 11.7. The highest BCUT2D eigenvalue weighted by Crippen LogP contribution is 2.39. The molecule has 1 aliphatic carbocycles. The Morgan fingerprint density at radius 2 is 2.26 bits per heavy atom. The van der Waals surface area contributed by atoms with Gasteiger partial charge >= 0.3 is 0 Å². The third-order valence-electron chi connectivity index (χ3n) is 3.49. The van der Waals surface area contributed by atoms with E-state index in [0.717, 1.165) is 34.4 Å². The van der Waals surface area contributed by atoms with Gasteiger partial charge in [-0.2, -0.15) is 0 Å². The maximum Gasteiger partial charge on any atom is 0.237 e. The van der Waals surface area contributed by atoms with Gasteiger partial charge in [-0.15, -0.1) is 10.2 Å². The van der Waals surface area contributed by atoms with Crippen molar-refractivity contribution < 1.29 is 4.79 Å². The minimum absolute atomic E-state index is 0.248. The SMILES string of the molecule is CNC1(C(N)=O)CCCC(Sc2nnc(SC)s2)C1. The summed E-state index contributed by atoms with van der Waals surface area (Å²) in [6.45, 7) is 0. The van der Waals surface area contributed by atoms with E-state index in [-0.39, 0.29) is 5.91 Å². The van der Waals surface area contributed by atoms with Crippen LogP contribution in [0.2, 0.25) is 0 Å². The smallest absolute Gasteiger partial charge is 0.237 e. The zero-order valence-corrected chi connectivity index (χ0v) is 13.5. The zero-order chi connectivity index (χ0) is 13.9. The third kappa shape index (κ3) is 3.42. The largest absolute Gasteiger partial charge is 0.368 e. The van der Waals surface area contributed by atoms with E-state index in [1.54, 1.807) is 34.9 Å². The van der Waals surface area contributed by atoms with Gasteiger partial charge in [0.1, 0.15) is 0 Å². The van der Waals surface area contributed by atoms with Crippen LogP contribution in [0.1, 0.15) is 25.7 Å². The molecule has 8 heteroatoms. The molecular formula is C11H18N4OS3. The van der Waals surface area contributed by atoms with Gasteiger partial charge in [0.2, 0.25) is 5.91 Å². The quantitative estimate of drug-likeness (QED) is 0.805. The Hall–Kier alpha value is -0.310. The fraction of sp³-hybridized carbons (Fsp3) is 0.727. The number of likely N-dealkylation sites (N-methyl/N-ethyl adjacent to an activating group) is 1. The van der Waals surface area contributed by atoms with Crippen molar-refractivity contribution in [3.63, 3.8) is 0 Å². The van der Waals surface area contributed by atoms with Crippen molar-refractivity contribution in [2.75, 3.05) is 13.3 Å². The van der Waals surface area contributed by atoms with E-state index in [1.165, 1.54) is 0 Å². The van der Waals surface area contributed by atoms with Crippen molar-refractivity contribution in [1.29, 1.82) is 0 Å². The highest BCUT2D eigenvalue weighted by Gasteiger charge is 2.40. The first-order valence-corrected chi connectivity index (χ1v) is 9.04. The fourth-order valence-electron chi connectivity index (χ4n) is 2.37. The molecule has 1 aliphatic rings. The van der Waals surface area contributed by atoms with Crippen LogP contribution in [0.5, 0.6) is 0 Å². The first kappa shape index (κ1) is 15.1. The van der Waals surface area contributed by atoms with Gasteiger partial charge in [0.25, 0.3) is 0 Å². The Morgan fingerprint density at radius 1 is 1.53 bits per heavy atom. The zero-order valence-electron chi connectivity index (χ0n) is 11.0. The molecule has 0 radical (unpaired) electrons. The molecule has 0 aromatic carbocycles. The van der Waals surface area contributed by atoms with E-state index >= 15 is 0 Å². The molecule has 2 atom stereocenters. The number of thioether (sulfide) groups is 2. The van der Waals surface area contributed by atoms with Gasteiger partial charge in [-0.25, -0.2) is 0 Å². The Morgan fingerprint density at radius 3 is 2.84 bits per heavy atom. The van der Waals surface area contributed by atoms with Crippen LogP contribution in [-0.2, 0) is 4.79 Å². The second-order valence-electron chi connectivity index (χ2n) is 4.57. The van der Waals surface area contributed by atoms with E-state index < -0.39 is 5.54 Å². The summed E-state index contributed by atoms with van der Waals surface area (Å²) in [5, 5.41) is 11.8. The number of nitrogens with two attached hydrogens (primary N) is 1. The van der Waals surface area contributed by atoms with Crippen LogP contribution in [0.4, 0.5) is 0 Å². The predicted octanol–water partition coefficient (Wildman–Crippen LogP) is 1.74. The second kappa shape index (κ2) is 6.43. The second-order valence-corrected chi connectivity index (χ2v) is 8.15. The van der Waals surface area contributed by atoms with Crippen LogP contribution in [0.3, 0.4) is 0 Å². The van der Waals surface area contributed by atoms with E-state index in [1.807, 2.05) is 13.3 Å². The van der Waals surface area contributed by atoms with Crippen LogP contribution in [0.25, 0.3) is 0 Å². The fourth-order valence-corrected chi connectivity index (χ4v) is 5.40. The molecule has 5 nitrogen and oxygen atoms in total. The number of hydrogen-bond acceptors (Lipinski definition) is 7. The molecule has 0 spiro atoms. The van der Waals surface area contributed by atoms with E-state index in [9.17, 15) is 4.79 Å². The average molecular weight is 318 g/mol. The van der Waals surface area contributed by atoms with Crippen molar-refractivity contribution in [3.8, 4) is 0 Å². The third-order valence-corrected chi connectivity index (χ3v) is 6.74. The van der Waals surface area contributed by atoms with Crippen molar-refractivity contribution >= 4 is 40.8 Å². The van der Waals surface area contributed by atoms with E-state index in [4.69, 9.17) is 5.73 Å². The summed E-state index contributed by atoms with van der Waals surface area (Å²) in [5.74, 6) is -0.248. The van der Waals surface area contributed by atoms with Crippen molar-refractivity contribution in [3.05, 3.63) is 0 Å². The molecule has 1 heterocycles. The van der Waals surface area contributed by atoms with Gasteiger partial charge in [-0.3, -0.25) is 4.79 Å². The lowest BCUT2D eigenvalue weighted by molar-refractivity contribution is -0.125. The Bertz CT molecular complexity index is 453. The van der Waals surface area contributed by atoms with Crippen LogP contribution in [-0.4, -0.2) is 40.2 Å². The molecule has 19 heavy (non-hydrogen) atoms. The van der Waals surface area contributed by atoms with Crippen LogP contribution in [0, 0.1) is 0 Å². The number of hydrogen-bond donors (Lipinski definition) is 2. The van der Waals surface area contributed by atoms with E-state index in [0.29, 0.717) is 5.25 Å². The van der Waals surface area contributed by atoms with E-state index in [2.05, 4.69) is 15.5 Å². The number of nitrogens with zero attached hydrogens (tertiary/aromatic N) is 2. The van der Waals surface area contributed by atoms with Gasteiger partial charge < -0.3 is 11.1 Å². The number of carbonyl (C=O) groups excluding carboxylic acids is 1. The number of aromatic nitrogens is 2. The molecule has 1 amide bonds. The van der Waals surface area contributed by atoms with Crippen LogP contribution >= 0.6 is 34.9 Å². The Balaban J connectivity index is 2.03. The van der Waals surface area contributed by atoms with Crippen molar-refractivity contribution in [2.45, 2.75) is 45.2 Å². The minimum Gasteiger partial charge on any atom is -0.368 e. The molecule has 2 unspecified atom stereocenters. The number of amides is 1. The number of rotatable bonds is 5. The first-order valence-electron chi connectivity index (χ1n) is 6.12. The molecule has 0 aliphatic heterocycles. The lowest BCUT2D eigenvalue weighted by atomic mass is 9.81. The summed E-state index contributed by atoms with van der Waals surface area (Å²) in [6.07, 6.45) is 5.68. The Kier molecular flexibility index (Phi) is 5.10. The summed E-state index contributed by atoms with van der Waals surface area (Å²) in [7, 11) is 1.81. The predicted molar refractivity (Wildman–Crippen MR) is 80.8 cm³/mol. The standard InChI is InChI=1S/C11H18N4OS3/c1-13-11(8(12)16)5-3-4-7(6-11)18-10-15-14-9(17-2)19-10/h7,13H,3-6H2,1-2H3,(H2,12,16). The van der Waals surface area contributed by atoms with Gasteiger partial charge in [0.05, 0.1) is 5.54 Å². The van der Waals surface area contributed by atoms with Gasteiger partial charge in [0.15, 0.2) is 8.68 Å². The Labute approximate surface area is 125 Å². The molecule has 2 rings (SSSR count). The molecular weight excluding hydrogens is 300 g/mol. The number of nitrogens with one attached hydrogen (secondary N) is 1. The molecule has 1 saturated carbocycles. The summed E-state index contributed by atoms with van der Waals surface area (Å²) in [5.41, 5.74) is 5.00. The highest BCUT2D eigenvalue weighted by molar-refractivity contribution is 8.03. The monoisotopic (exact) mass is 318 g/mol. The lowest BCUT2D eigenvalue weighted by Crippen LogP contribution is -2.57. The number of primary amides is 1. The lowest BCUT2D eigenvalue weighted by Gasteiger charge is -2.37. The summed E-state index contributed by atoms with van der Waals surface area (Å²) < 4.78 is 1.96. The topological polar surface area (TPSA) is 80.9 Å². The molecule has 1 aromatic heterocycles. The molecule has 0 saturated heterocycles. The molecule has 1 fully saturated rings. The first-order chi connectivity index (χ1) is 9.09. The summed E-state index contributed by atoms with van der Waals surface area (Å²) in [6, 6.07) is 0.